The molecular weight excluding hydrogens is 268 g/mol. The van der Waals surface area contributed by atoms with Crippen LogP contribution in [0.15, 0.2) is 0 Å². The molecule has 2 unspecified atom stereocenters. The molecular formula is C16H28N2O3. The van der Waals surface area contributed by atoms with Gasteiger partial charge in [0.25, 0.3) is 0 Å². The van der Waals surface area contributed by atoms with E-state index in [0.717, 1.165) is 19.3 Å². The van der Waals surface area contributed by atoms with Crippen LogP contribution in [0.4, 0.5) is 0 Å². The first-order chi connectivity index (χ1) is 10.1. The Morgan fingerprint density at radius 3 is 2.57 bits per heavy atom. The van der Waals surface area contributed by atoms with Crippen LogP contribution in [0.2, 0.25) is 0 Å². The Morgan fingerprint density at radius 2 is 1.95 bits per heavy atom. The van der Waals surface area contributed by atoms with Crippen molar-refractivity contribution in [2.24, 2.45) is 11.8 Å². The summed E-state index contributed by atoms with van der Waals surface area (Å²) >= 11 is 0. The van der Waals surface area contributed by atoms with E-state index in [9.17, 15) is 14.7 Å². The summed E-state index contributed by atoms with van der Waals surface area (Å²) < 4.78 is 0. The second kappa shape index (κ2) is 7.78. The van der Waals surface area contributed by atoms with Crippen molar-refractivity contribution < 1.29 is 14.7 Å². The fraction of sp³-hybridized carbons (Fsp3) is 0.875. The fourth-order valence-electron chi connectivity index (χ4n) is 3.42. The van der Waals surface area contributed by atoms with Crippen molar-refractivity contribution in [2.45, 2.75) is 58.0 Å². The number of nitrogens with one attached hydrogen (secondary N) is 1. The van der Waals surface area contributed by atoms with E-state index < -0.39 is 0 Å². The molecule has 5 nitrogen and oxygen atoms in total. The summed E-state index contributed by atoms with van der Waals surface area (Å²) in [6.45, 7) is 3.16. The third-order valence-corrected chi connectivity index (χ3v) is 4.90. The molecule has 2 aliphatic rings. The molecule has 2 atom stereocenters. The lowest BCUT2D eigenvalue weighted by atomic mass is 9.87. The van der Waals surface area contributed by atoms with Gasteiger partial charge in [0, 0.05) is 25.4 Å². The number of likely N-dealkylation sites (tertiary alicyclic amines) is 1. The lowest BCUT2D eigenvalue weighted by Crippen LogP contribution is -2.40. The number of hydrogen-bond acceptors (Lipinski definition) is 3. The molecule has 1 heterocycles. The first kappa shape index (κ1) is 16.3. The Balaban J connectivity index is 1.65. The van der Waals surface area contributed by atoms with Gasteiger partial charge in [0.05, 0.1) is 12.6 Å². The molecule has 2 N–H and O–H groups in total. The van der Waals surface area contributed by atoms with E-state index in [-0.39, 0.29) is 30.4 Å². The lowest BCUT2D eigenvalue weighted by Gasteiger charge is -2.21. The number of nitrogens with zero attached hydrogens (tertiary/aromatic N) is 1. The van der Waals surface area contributed by atoms with Gasteiger partial charge in [-0.15, -0.1) is 0 Å². The molecule has 0 aromatic rings. The molecule has 2 rings (SSSR count). The predicted octanol–water partition coefficient (Wildman–Crippen LogP) is 1.30. The highest BCUT2D eigenvalue weighted by atomic mass is 16.3. The van der Waals surface area contributed by atoms with Crippen LogP contribution in [-0.2, 0) is 9.59 Å². The quantitative estimate of drug-likeness (QED) is 0.803. The van der Waals surface area contributed by atoms with E-state index in [1.807, 2.05) is 0 Å². The smallest absolute Gasteiger partial charge is 0.241 e. The molecule has 0 spiro atoms. The van der Waals surface area contributed by atoms with Crippen LogP contribution in [0.3, 0.4) is 0 Å². The van der Waals surface area contributed by atoms with E-state index in [4.69, 9.17) is 0 Å². The Morgan fingerprint density at radius 1 is 1.24 bits per heavy atom. The SMILES string of the molecule is CC(O)C1CCN(C(=O)CNC(=O)CC2CCCCC2)C1. The largest absolute Gasteiger partial charge is 0.393 e. The second-order valence-corrected chi connectivity index (χ2v) is 6.61. The third-order valence-electron chi connectivity index (χ3n) is 4.90. The van der Waals surface area contributed by atoms with Gasteiger partial charge in [-0.1, -0.05) is 19.3 Å². The van der Waals surface area contributed by atoms with Gasteiger partial charge in [-0.05, 0) is 32.1 Å². The van der Waals surface area contributed by atoms with Crippen molar-refractivity contribution >= 4 is 11.8 Å². The van der Waals surface area contributed by atoms with Gasteiger partial charge in [-0.2, -0.15) is 0 Å². The second-order valence-electron chi connectivity index (χ2n) is 6.61. The van der Waals surface area contributed by atoms with Crippen LogP contribution in [0.5, 0.6) is 0 Å². The van der Waals surface area contributed by atoms with E-state index in [1.165, 1.54) is 19.3 Å². The van der Waals surface area contributed by atoms with Crippen LogP contribution in [0.25, 0.3) is 0 Å². The summed E-state index contributed by atoms with van der Waals surface area (Å²) in [5.41, 5.74) is 0. The van der Waals surface area contributed by atoms with Gasteiger partial charge < -0.3 is 15.3 Å². The fourth-order valence-corrected chi connectivity index (χ4v) is 3.42. The minimum absolute atomic E-state index is 0.00141. The number of rotatable bonds is 5. The highest BCUT2D eigenvalue weighted by molar-refractivity contribution is 5.84. The molecule has 0 aromatic carbocycles. The molecule has 120 valence electrons. The van der Waals surface area contributed by atoms with E-state index in [1.54, 1.807) is 11.8 Å². The summed E-state index contributed by atoms with van der Waals surface area (Å²) in [6.07, 6.45) is 7.06. The normalized spacial score (nSPS) is 24.9. The Hall–Kier alpha value is -1.10. The monoisotopic (exact) mass is 296 g/mol. The molecule has 1 saturated heterocycles. The average Bonchev–Trinajstić information content (AvgIpc) is 2.96. The summed E-state index contributed by atoms with van der Waals surface area (Å²) in [7, 11) is 0. The molecule has 0 radical (unpaired) electrons. The van der Waals surface area contributed by atoms with Crippen LogP contribution < -0.4 is 5.32 Å². The number of carbonyl (C=O) groups excluding carboxylic acids is 2. The van der Waals surface area contributed by atoms with Gasteiger partial charge in [-0.3, -0.25) is 9.59 Å². The Kier molecular flexibility index (Phi) is 6.03. The van der Waals surface area contributed by atoms with Gasteiger partial charge >= 0.3 is 0 Å². The molecule has 1 aliphatic carbocycles. The number of amides is 2. The summed E-state index contributed by atoms with van der Waals surface area (Å²) in [5.74, 6) is 0.642. The molecule has 2 fully saturated rings. The van der Waals surface area contributed by atoms with Gasteiger partial charge in [0.1, 0.15) is 0 Å². The average molecular weight is 296 g/mol. The molecule has 5 heteroatoms. The van der Waals surface area contributed by atoms with Gasteiger partial charge in [0.2, 0.25) is 11.8 Å². The third kappa shape index (κ3) is 4.99. The van der Waals surface area contributed by atoms with E-state index in [2.05, 4.69) is 5.32 Å². The first-order valence-corrected chi connectivity index (χ1v) is 8.29. The summed E-state index contributed by atoms with van der Waals surface area (Å²) in [4.78, 5) is 25.7. The van der Waals surface area contributed by atoms with E-state index >= 15 is 0 Å². The highest BCUT2D eigenvalue weighted by Gasteiger charge is 2.29. The van der Waals surface area contributed by atoms with Crippen LogP contribution in [-0.4, -0.2) is 47.6 Å². The van der Waals surface area contributed by atoms with Crippen molar-refractivity contribution in [1.29, 1.82) is 0 Å². The maximum Gasteiger partial charge on any atom is 0.241 e. The lowest BCUT2D eigenvalue weighted by molar-refractivity contribution is -0.132. The number of aliphatic hydroxyl groups is 1. The van der Waals surface area contributed by atoms with Gasteiger partial charge in [-0.25, -0.2) is 0 Å². The minimum atomic E-state index is -0.372. The zero-order valence-electron chi connectivity index (χ0n) is 13.0. The zero-order chi connectivity index (χ0) is 15.2. The molecule has 1 saturated carbocycles. The summed E-state index contributed by atoms with van der Waals surface area (Å²) in [5, 5.41) is 12.3. The summed E-state index contributed by atoms with van der Waals surface area (Å²) in [6, 6.07) is 0. The van der Waals surface area contributed by atoms with Crippen molar-refractivity contribution in [3.63, 3.8) is 0 Å². The number of carbonyl (C=O) groups is 2. The first-order valence-electron chi connectivity index (χ1n) is 8.29. The molecule has 0 aromatic heterocycles. The number of aliphatic hydroxyl groups excluding tert-OH is 1. The maximum atomic E-state index is 12.0. The Bertz CT molecular complexity index is 365. The highest BCUT2D eigenvalue weighted by Crippen LogP contribution is 2.26. The van der Waals surface area contributed by atoms with E-state index in [0.29, 0.717) is 25.4 Å². The molecule has 21 heavy (non-hydrogen) atoms. The maximum absolute atomic E-state index is 12.0. The van der Waals surface area contributed by atoms with Crippen molar-refractivity contribution in [3.05, 3.63) is 0 Å². The topological polar surface area (TPSA) is 69.6 Å². The van der Waals surface area contributed by atoms with Crippen molar-refractivity contribution in [3.8, 4) is 0 Å². The van der Waals surface area contributed by atoms with Crippen molar-refractivity contribution in [2.75, 3.05) is 19.6 Å². The number of hydrogen-bond donors (Lipinski definition) is 2. The zero-order valence-corrected chi connectivity index (χ0v) is 13.0. The minimum Gasteiger partial charge on any atom is -0.393 e. The molecule has 2 amide bonds. The molecule has 1 aliphatic heterocycles. The van der Waals surface area contributed by atoms with Crippen LogP contribution in [0, 0.1) is 11.8 Å². The van der Waals surface area contributed by atoms with Crippen LogP contribution in [0.1, 0.15) is 51.9 Å². The standard InChI is InChI=1S/C16H28N2O3/c1-12(19)14-7-8-18(11-14)16(21)10-17-15(20)9-13-5-3-2-4-6-13/h12-14,19H,2-11H2,1H3,(H,17,20). The predicted molar refractivity (Wildman–Crippen MR) is 80.6 cm³/mol. The molecule has 0 bridgehead atoms. The van der Waals surface area contributed by atoms with Crippen LogP contribution >= 0.6 is 0 Å². The Labute approximate surface area is 127 Å². The van der Waals surface area contributed by atoms with Crippen molar-refractivity contribution in [1.82, 2.24) is 10.2 Å². The van der Waals surface area contributed by atoms with Gasteiger partial charge in [0.15, 0.2) is 0 Å².